The molecule has 0 bridgehead atoms. The standard InChI is InChI=1S/C25H20N6O4/c1-15-21(24(33)27-17-9-3-2-4-10-17)22(19-12-5-6-13-20(19)31(34)35)30-25(26-15)28-23(29-30)16-8-7-11-18(32)14-16/h2-14,22,32H,1H3,(H,27,33)(H,26,28,29). The highest BCUT2D eigenvalue weighted by Gasteiger charge is 2.37. The third kappa shape index (κ3) is 4.08. The minimum absolute atomic E-state index is 0.0516. The molecule has 1 amide bonds. The van der Waals surface area contributed by atoms with Gasteiger partial charge in [0.05, 0.1) is 16.1 Å². The summed E-state index contributed by atoms with van der Waals surface area (Å²) >= 11 is 0. The van der Waals surface area contributed by atoms with Crippen molar-refractivity contribution < 1.29 is 14.8 Å². The van der Waals surface area contributed by atoms with Crippen molar-refractivity contribution in [3.05, 3.63) is 106 Å². The average molecular weight is 468 g/mol. The number of phenols is 1. The van der Waals surface area contributed by atoms with Gasteiger partial charge in [-0.05, 0) is 37.3 Å². The number of nitrogens with zero attached hydrogens (tertiary/aromatic N) is 4. The first-order chi connectivity index (χ1) is 16.9. The molecule has 1 aliphatic heterocycles. The van der Waals surface area contributed by atoms with Crippen LogP contribution in [0.2, 0.25) is 0 Å². The quantitative estimate of drug-likeness (QED) is 0.290. The Bertz CT molecular complexity index is 1480. The fraction of sp³-hybridized carbons (Fsp3) is 0.0800. The Morgan fingerprint density at radius 2 is 1.83 bits per heavy atom. The summed E-state index contributed by atoms with van der Waals surface area (Å²) in [5.41, 5.74) is 2.06. The van der Waals surface area contributed by atoms with Crippen LogP contribution in [0.3, 0.4) is 0 Å². The second-order valence-electron chi connectivity index (χ2n) is 7.96. The molecular formula is C25H20N6O4. The van der Waals surface area contributed by atoms with Gasteiger partial charge in [-0.2, -0.15) is 4.98 Å². The van der Waals surface area contributed by atoms with Gasteiger partial charge in [0.2, 0.25) is 5.95 Å². The van der Waals surface area contributed by atoms with E-state index >= 15 is 0 Å². The summed E-state index contributed by atoms with van der Waals surface area (Å²) in [6, 6.07) is 20.7. The molecule has 0 radical (unpaired) electrons. The van der Waals surface area contributed by atoms with Crippen LogP contribution in [0.5, 0.6) is 5.75 Å². The third-order valence-corrected chi connectivity index (χ3v) is 5.66. The summed E-state index contributed by atoms with van der Waals surface area (Å²) in [4.78, 5) is 29.4. The van der Waals surface area contributed by atoms with Crippen LogP contribution in [0.1, 0.15) is 18.5 Å². The topological polar surface area (TPSA) is 135 Å². The van der Waals surface area contributed by atoms with E-state index in [0.29, 0.717) is 34.3 Å². The fourth-order valence-corrected chi connectivity index (χ4v) is 4.10. The lowest BCUT2D eigenvalue weighted by atomic mass is 9.93. The van der Waals surface area contributed by atoms with E-state index in [2.05, 4.69) is 20.7 Å². The first-order valence-corrected chi connectivity index (χ1v) is 10.8. The molecule has 0 fully saturated rings. The van der Waals surface area contributed by atoms with E-state index in [1.165, 1.54) is 22.9 Å². The lowest BCUT2D eigenvalue weighted by molar-refractivity contribution is -0.385. The van der Waals surface area contributed by atoms with Gasteiger partial charge in [-0.25, -0.2) is 4.68 Å². The van der Waals surface area contributed by atoms with E-state index in [4.69, 9.17) is 0 Å². The van der Waals surface area contributed by atoms with Crippen molar-refractivity contribution in [1.29, 1.82) is 0 Å². The minimum atomic E-state index is -0.921. The molecule has 2 heterocycles. The van der Waals surface area contributed by atoms with Crippen LogP contribution in [0, 0.1) is 10.1 Å². The molecule has 10 heteroatoms. The van der Waals surface area contributed by atoms with E-state index in [1.807, 2.05) is 6.07 Å². The Labute approximate surface area is 199 Å². The normalized spacial score (nSPS) is 14.7. The Kier molecular flexibility index (Phi) is 5.46. The van der Waals surface area contributed by atoms with Gasteiger partial charge >= 0.3 is 0 Å². The monoisotopic (exact) mass is 468 g/mol. The van der Waals surface area contributed by atoms with Gasteiger partial charge in [-0.3, -0.25) is 14.9 Å². The van der Waals surface area contributed by atoms with Crippen molar-refractivity contribution in [3.8, 4) is 17.1 Å². The zero-order chi connectivity index (χ0) is 24.5. The molecule has 0 saturated carbocycles. The van der Waals surface area contributed by atoms with E-state index in [1.54, 1.807) is 61.5 Å². The van der Waals surface area contributed by atoms with Crippen LogP contribution < -0.4 is 10.6 Å². The number of carbonyl (C=O) groups excluding carboxylic acids is 1. The number of nitro benzene ring substituents is 1. The number of nitrogens with one attached hydrogen (secondary N) is 2. The number of hydrogen-bond donors (Lipinski definition) is 3. The number of aromatic hydroxyl groups is 1. The lowest BCUT2D eigenvalue weighted by Gasteiger charge is -2.28. The largest absolute Gasteiger partial charge is 0.508 e. The number of hydrogen-bond acceptors (Lipinski definition) is 7. The Morgan fingerprint density at radius 3 is 2.57 bits per heavy atom. The number of nitro groups is 1. The molecule has 3 aromatic carbocycles. The first kappa shape index (κ1) is 21.8. The van der Waals surface area contributed by atoms with Gasteiger partial charge in [0.15, 0.2) is 5.82 Å². The molecule has 0 spiro atoms. The molecule has 1 atom stereocenters. The van der Waals surface area contributed by atoms with Crippen molar-refractivity contribution in [1.82, 2.24) is 14.8 Å². The van der Waals surface area contributed by atoms with Crippen LogP contribution in [0.25, 0.3) is 11.4 Å². The number of benzene rings is 3. The second-order valence-corrected chi connectivity index (χ2v) is 7.96. The first-order valence-electron chi connectivity index (χ1n) is 10.8. The molecule has 5 rings (SSSR count). The van der Waals surface area contributed by atoms with Crippen molar-refractivity contribution in [2.24, 2.45) is 0 Å². The highest BCUT2D eigenvalue weighted by molar-refractivity contribution is 6.06. The van der Waals surface area contributed by atoms with Crippen LogP contribution in [-0.2, 0) is 4.79 Å². The highest BCUT2D eigenvalue weighted by Crippen LogP contribution is 2.40. The van der Waals surface area contributed by atoms with Crippen molar-refractivity contribution >= 4 is 23.2 Å². The fourth-order valence-electron chi connectivity index (χ4n) is 4.10. The molecule has 3 N–H and O–H groups in total. The SMILES string of the molecule is CC1=C(C(=O)Nc2ccccc2)C(c2ccccc2[N+](=O)[O-])n2nc(-c3cccc(O)c3)nc2N1. The van der Waals surface area contributed by atoms with Gasteiger partial charge in [-0.15, -0.1) is 5.10 Å². The number of para-hydroxylation sites is 2. The van der Waals surface area contributed by atoms with Gasteiger partial charge in [0, 0.05) is 23.0 Å². The zero-order valence-electron chi connectivity index (χ0n) is 18.5. The third-order valence-electron chi connectivity index (χ3n) is 5.66. The average Bonchev–Trinajstić information content (AvgIpc) is 3.27. The maximum Gasteiger partial charge on any atom is 0.275 e. The van der Waals surface area contributed by atoms with Crippen LogP contribution in [0.15, 0.2) is 90.1 Å². The Morgan fingerprint density at radius 1 is 1.09 bits per heavy atom. The zero-order valence-corrected chi connectivity index (χ0v) is 18.5. The van der Waals surface area contributed by atoms with Gasteiger partial charge in [-0.1, -0.05) is 42.5 Å². The molecule has 0 aliphatic carbocycles. The summed E-state index contributed by atoms with van der Waals surface area (Å²) in [5.74, 6) is 0.241. The van der Waals surface area contributed by atoms with Gasteiger partial charge in [0.25, 0.3) is 11.6 Å². The van der Waals surface area contributed by atoms with Gasteiger partial charge < -0.3 is 15.7 Å². The minimum Gasteiger partial charge on any atom is -0.508 e. The molecule has 35 heavy (non-hydrogen) atoms. The highest BCUT2D eigenvalue weighted by atomic mass is 16.6. The van der Waals surface area contributed by atoms with E-state index in [0.717, 1.165) is 0 Å². The molecular weight excluding hydrogens is 448 g/mol. The lowest BCUT2D eigenvalue weighted by Crippen LogP contribution is -2.31. The molecule has 0 saturated heterocycles. The smallest absolute Gasteiger partial charge is 0.275 e. The Hall–Kier alpha value is -4.99. The summed E-state index contributed by atoms with van der Waals surface area (Å²) in [5, 5.41) is 32.3. The predicted octanol–water partition coefficient (Wildman–Crippen LogP) is 4.49. The Balaban J connectivity index is 1.67. The maximum absolute atomic E-state index is 13.5. The molecule has 1 aliphatic rings. The maximum atomic E-state index is 13.5. The van der Waals surface area contributed by atoms with Crippen LogP contribution >= 0.6 is 0 Å². The number of phenolic OH excluding ortho intramolecular Hbond substituents is 1. The van der Waals surface area contributed by atoms with Crippen LogP contribution in [0.4, 0.5) is 17.3 Å². The second kappa shape index (κ2) is 8.75. The van der Waals surface area contributed by atoms with Gasteiger partial charge in [0.1, 0.15) is 11.8 Å². The number of rotatable bonds is 5. The summed E-state index contributed by atoms with van der Waals surface area (Å²) in [6.07, 6.45) is 0. The number of carbonyl (C=O) groups is 1. The number of fused-ring (bicyclic) bond motifs is 1. The number of amides is 1. The number of aromatic nitrogens is 3. The molecule has 1 aromatic heterocycles. The van der Waals surface area contributed by atoms with Crippen molar-refractivity contribution in [2.75, 3.05) is 10.6 Å². The molecule has 1 unspecified atom stereocenters. The summed E-state index contributed by atoms with van der Waals surface area (Å²) in [7, 11) is 0. The van der Waals surface area contributed by atoms with E-state index in [-0.39, 0.29) is 17.0 Å². The molecule has 4 aromatic rings. The summed E-state index contributed by atoms with van der Waals surface area (Å²) < 4.78 is 1.47. The molecule has 174 valence electrons. The summed E-state index contributed by atoms with van der Waals surface area (Å²) in [6.45, 7) is 1.72. The number of anilines is 2. The molecule has 10 nitrogen and oxygen atoms in total. The predicted molar refractivity (Wildman–Crippen MR) is 130 cm³/mol. The van der Waals surface area contributed by atoms with Crippen LogP contribution in [-0.4, -0.2) is 30.7 Å². The van der Waals surface area contributed by atoms with E-state index < -0.39 is 16.9 Å². The van der Waals surface area contributed by atoms with Crippen molar-refractivity contribution in [2.45, 2.75) is 13.0 Å². The van der Waals surface area contributed by atoms with Crippen molar-refractivity contribution in [3.63, 3.8) is 0 Å². The van der Waals surface area contributed by atoms with E-state index in [9.17, 15) is 20.0 Å². The number of allylic oxidation sites excluding steroid dienone is 1.